The van der Waals surface area contributed by atoms with E-state index in [2.05, 4.69) is 47.1 Å². The molecular weight excluding hydrogens is 240 g/mol. The SMILES string of the molecule is COCc1cc(Cn2ccc3cc(C)ccc32)no1. The minimum Gasteiger partial charge on any atom is -0.377 e. The van der Waals surface area contributed by atoms with Crippen molar-refractivity contribution in [3.8, 4) is 0 Å². The number of methoxy groups -OCH3 is 1. The Morgan fingerprint density at radius 3 is 3.00 bits per heavy atom. The monoisotopic (exact) mass is 256 g/mol. The summed E-state index contributed by atoms with van der Waals surface area (Å²) in [5.74, 6) is 0.754. The molecule has 0 amide bonds. The standard InChI is InChI=1S/C15H16N2O2/c1-11-3-4-15-12(7-11)5-6-17(15)9-13-8-14(10-18-2)19-16-13/h3-8H,9-10H2,1-2H3. The highest BCUT2D eigenvalue weighted by Crippen LogP contribution is 2.18. The lowest BCUT2D eigenvalue weighted by Gasteiger charge is -2.02. The predicted molar refractivity (Wildman–Crippen MR) is 73.0 cm³/mol. The number of hydrogen-bond acceptors (Lipinski definition) is 3. The quantitative estimate of drug-likeness (QED) is 0.720. The fourth-order valence-corrected chi connectivity index (χ4v) is 2.27. The summed E-state index contributed by atoms with van der Waals surface area (Å²) in [4.78, 5) is 0. The molecule has 4 nitrogen and oxygen atoms in total. The first-order valence-corrected chi connectivity index (χ1v) is 6.25. The van der Waals surface area contributed by atoms with E-state index in [-0.39, 0.29) is 0 Å². The van der Waals surface area contributed by atoms with Gasteiger partial charge in [0.25, 0.3) is 0 Å². The molecule has 2 heterocycles. The Kier molecular flexibility index (Phi) is 3.09. The fraction of sp³-hybridized carbons (Fsp3) is 0.267. The Labute approximate surface area is 111 Å². The Morgan fingerprint density at radius 1 is 1.26 bits per heavy atom. The molecule has 0 radical (unpaired) electrons. The normalized spacial score (nSPS) is 11.3. The molecule has 0 atom stereocenters. The highest BCUT2D eigenvalue weighted by Gasteiger charge is 2.07. The minimum atomic E-state index is 0.457. The lowest BCUT2D eigenvalue weighted by atomic mass is 10.2. The molecule has 19 heavy (non-hydrogen) atoms. The second-order valence-corrected chi connectivity index (χ2v) is 4.72. The van der Waals surface area contributed by atoms with E-state index in [1.54, 1.807) is 7.11 Å². The highest BCUT2D eigenvalue weighted by molar-refractivity contribution is 5.80. The van der Waals surface area contributed by atoms with Gasteiger partial charge in [0.15, 0.2) is 5.76 Å². The molecule has 0 aliphatic carbocycles. The van der Waals surface area contributed by atoms with E-state index >= 15 is 0 Å². The van der Waals surface area contributed by atoms with E-state index in [0.29, 0.717) is 13.2 Å². The zero-order valence-electron chi connectivity index (χ0n) is 11.1. The van der Waals surface area contributed by atoms with Crippen molar-refractivity contribution in [3.63, 3.8) is 0 Å². The van der Waals surface area contributed by atoms with E-state index < -0.39 is 0 Å². The molecule has 0 unspecified atom stereocenters. The molecule has 0 saturated heterocycles. The number of aromatic nitrogens is 2. The Morgan fingerprint density at radius 2 is 2.16 bits per heavy atom. The van der Waals surface area contributed by atoms with Gasteiger partial charge in [-0.05, 0) is 30.5 Å². The summed E-state index contributed by atoms with van der Waals surface area (Å²) in [6.45, 7) is 3.27. The van der Waals surface area contributed by atoms with Crippen molar-refractivity contribution < 1.29 is 9.26 Å². The molecule has 0 spiro atoms. The maximum Gasteiger partial charge on any atom is 0.162 e. The summed E-state index contributed by atoms with van der Waals surface area (Å²) in [7, 11) is 1.64. The van der Waals surface area contributed by atoms with Gasteiger partial charge in [0.05, 0.1) is 6.54 Å². The van der Waals surface area contributed by atoms with Gasteiger partial charge in [0, 0.05) is 24.9 Å². The van der Waals surface area contributed by atoms with Crippen LogP contribution in [-0.2, 0) is 17.9 Å². The van der Waals surface area contributed by atoms with Crippen molar-refractivity contribution in [3.05, 3.63) is 53.5 Å². The maximum absolute atomic E-state index is 5.20. The summed E-state index contributed by atoms with van der Waals surface area (Å²) in [5, 5.41) is 5.31. The van der Waals surface area contributed by atoms with E-state index in [0.717, 1.165) is 11.5 Å². The molecule has 3 rings (SSSR count). The van der Waals surface area contributed by atoms with E-state index in [9.17, 15) is 0 Å². The van der Waals surface area contributed by atoms with Crippen molar-refractivity contribution >= 4 is 10.9 Å². The largest absolute Gasteiger partial charge is 0.377 e. The Hall–Kier alpha value is -2.07. The van der Waals surface area contributed by atoms with Gasteiger partial charge in [-0.3, -0.25) is 0 Å². The summed E-state index contributed by atoms with van der Waals surface area (Å²) in [5.41, 5.74) is 3.39. The maximum atomic E-state index is 5.20. The topological polar surface area (TPSA) is 40.2 Å². The summed E-state index contributed by atoms with van der Waals surface area (Å²) < 4.78 is 12.4. The van der Waals surface area contributed by atoms with Crippen molar-refractivity contribution in [1.29, 1.82) is 0 Å². The molecule has 0 saturated carbocycles. The van der Waals surface area contributed by atoms with Gasteiger partial charge in [-0.25, -0.2) is 0 Å². The van der Waals surface area contributed by atoms with Gasteiger partial charge in [0.1, 0.15) is 12.3 Å². The zero-order chi connectivity index (χ0) is 13.2. The number of hydrogen-bond donors (Lipinski definition) is 0. The number of rotatable bonds is 4. The molecule has 1 aromatic carbocycles. The molecule has 0 fully saturated rings. The van der Waals surface area contributed by atoms with Crippen LogP contribution >= 0.6 is 0 Å². The summed E-state index contributed by atoms with van der Waals surface area (Å²) in [6, 6.07) is 10.5. The van der Waals surface area contributed by atoms with Gasteiger partial charge in [-0.2, -0.15) is 0 Å². The Balaban J connectivity index is 1.88. The number of fused-ring (bicyclic) bond motifs is 1. The van der Waals surface area contributed by atoms with Crippen molar-refractivity contribution in [2.75, 3.05) is 7.11 Å². The van der Waals surface area contributed by atoms with Crippen molar-refractivity contribution in [2.45, 2.75) is 20.1 Å². The van der Waals surface area contributed by atoms with Crippen LogP contribution in [0, 0.1) is 6.92 Å². The molecule has 4 heteroatoms. The van der Waals surface area contributed by atoms with Crippen molar-refractivity contribution in [1.82, 2.24) is 9.72 Å². The summed E-state index contributed by atoms with van der Waals surface area (Å²) >= 11 is 0. The molecule has 3 aromatic rings. The first-order chi connectivity index (χ1) is 9.26. The van der Waals surface area contributed by atoms with Crippen LogP contribution in [0.1, 0.15) is 17.0 Å². The Bertz CT molecular complexity index is 697. The lowest BCUT2D eigenvalue weighted by molar-refractivity contribution is 0.155. The van der Waals surface area contributed by atoms with Gasteiger partial charge >= 0.3 is 0 Å². The van der Waals surface area contributed by atoms with Crippen LogP contribution in [0.3, 0.4) is 0 Å². The van der Waals surface area contributed by atoms with Gasteiger partial charge in [0.2, 0.25) is 0 Å². The van der Waals surface area contributed by atoms with E-state index in [1.807, 2.05) is 6.07 Å². The van der Waals surface area contributed by atoms with Crippen LogP contribution in [-0.4, -0.2) is 16.8 Å². The molecular formula is C15H16N2O2. The van der Waals surface area contributed by atoms with Gasteiger partial charge in [-0.15, -0.1) is 0 Å². The molecule has 0 bridgehead atoms. The zero-order valence-corrected chi connectivity index (χ0v) is 11.1. The third-order valence-corrected chi connectivity index (χ3v) is 3.15. The molecule has 98 valence electrons. The van der Waals surface area contributed by atoms with E-state index in [4.69, 9.17) is 9.26 Å². The first kappa shape index (κ1) is 12.0. The molecule has 0 N–H and O–H groups in total. The molecule has 0 aliphatic rings. The number of ether oxygens (including phenoxy) is 1. The average Bonchev–Trinajstić information content (AvgIpc) is 2.98. The van der Waals surface area contributed by atoms with Crippen LogP contribution in [0.5, 0.6) is 0 Å². The second-order valence-electron chi connectivity index (χ2n) is 4.72. The lowest BCUT2D eigenvalue weighted by Crippen LogP contribution is -1.97. The van der Waals surface area contributed by atoms with Crippen LogP contribution in [0.2, 0.25) is 0 Å². The minimum absolute atomic E-state index is 0.457. The second kappa shape index (κ2) is 4.90. The third kappa shape index (κ3) is 2.39. The van der Waals surface area contributed by atoms with E-state index in [1.165, 1.54) is 16.5 Å². The van der Waals surface area contributed by atoms with Crippen LogP contribution in [0.15, 0.2) is 41.1 Å². The van der Waals surface area contributed by atoms with Crippen LogP contribution < -0.4 is 0 Å². The summed E-state index contributed by atoms with van der Waals surface area (Å²) in [6.07, 6.45) is 2.08. The molecule has 2 aromatic heterocycles. The average molecular weight is 256 g/mol. The first-order valence-electron chi connectivity index (χ1n) is 6.25. The third-order valence-electron chi connectivity index (χ3n) is 3.15. The van der Waals surface area contributed by atoms with Gasteiger partial charge < -0.3 is 13.8 Å². The smallest absolute Gasteiger partial charge is 0.162 e. The number of aryl methyl sites for hydroxylation is 1. The van der Waals surface area contributed by atoms with Crippen LogP contribution in [0.4, 0.5) is 0 Å². The van der Waals surface area contributed by atoms with Gasteiger partial charge in [-0.1, -0.05) is 16.8 Å². The number of benzene rings is 1. The number of nitrogens with zero attached hydrogens (tertiary/aromatic N) is 2. The van der Waals surface area contributed by atoms with Crippen molar-refractivity contribution in [2.24, 2.45) is 0 Å². The highest BCUT2D eigenvalue weighted by atomic mass is 16.5. The van der Waals surface area contributed by atoms with Crippen LogP contribution in [0.25, 0.3) is 10.9 Å². The molecule has 0 aliphatic heterocycles. The fourth-order valence-electron chi connectivity index (χ4n) is 2.27. The predicted octanol–water partition coefficient (Wildman–Crippen LogP) is 3.13.